The predicted molar refractivity (Wildman–Crippen MR) is 68.8 cm³/mol. The maximum atomic E-state index is 12.7. The average Bonchev–Trinajstić information content (AvgIpc) is 2.91. The van der Waals surface area contributed by atoms with Crippen LogP contribution in [0.3, 0.4) is 0 Å². The molecule has 112 valence electrons. The van der Waals surface area contributed by atoms with E-state index < -0.39 is 11.9 Å². The van der Waals surface area contributed by atoms with Gasteiger partial charge in [0.15, 0.2) is 0 Å². The van der Waals surface area contributed by atoms with E-state index in [1.54, 1.807) is 0 Å². The molecule has 1 fully saturated rings. The van der Waals surface area contributed by atoms with Crippen LogP contribution in [0.15, 0.2) is 12.8 Å². The normalized spacial score (nSPS) is 21.9. The van der Waals surface area contributed by atoms with Crippen LogP contribution in [0.4, 0.5) is 13.2 Å². The molecule has 7 heteroatoms. The smallest absolute Gasteiger partial charge is 0.382 e. The first-order valence-corrected chi connectivity index (χ1v) is 6.40. The molecule has 1 aliphatic heterocycles. The zero-order valence-corrected chi connectivity index (χ0v) is 11.5. The number of nitrogens with zero attached hydrogens (tertiary/aromatic N) is 1. The van der Waals surface area contributed by atoms with Crippen molar-refractivity contribution in [3.8, 4) is 0 Å². The Bertz CT molecular complexity index is 493. The Hall–Kier alpha value is -1.50. The maximum absolute atomic E-state index is 12.7. The third kappa shape index (κ3) is 3.33. The molecule has 1 aliphatic rings. The third-order valence-corrected chi connectivity index (χ3v) is 3.35. The van der Waals surface area contributed by atoms with Gasteiger partial charge in [0.25, 0.3) is 0 Å². The fourth-order valence-corrected chi connectivity index (χ4v) is 2.28. The summed E-state index contributed by atoms with van der Waals surface area (Å²) in [6.45, 7) is 8.08. The van der Waals surface area contributed by atoms with Crippen LogP contribution in [0.2, 0.25) is 0 Å². The monoisotopic (exact) mass is 289 g/mol. The lowest BCUT2D eigenvalue weighted by molar-refractivity contribution is -0.141. The van der Waals surface area contributed by atoms with Crippen LogP contribution in [-0.2, 0) is 10.9 Å². The lowest BCUT2D eigenvalue weighted by atomic mass is 10.1. The van der Waals surface area contributed by atoms with Crippen LogP contribution in [0.1, 0.15) is 37.9 Å². The highest BCUT2D eigenvalue weighted by Gasteiger charge is 2.36. The van der Waals surface area contributed by atoms with Gasteiger partial charge in [0.1, 0.15) is 5.69 Å². The van der Waals surface area contributed by atoms with E-state index in [9.17, 15) is 13.2 Å². The van der Waals surface area contributed by atoms with Crippen LogP contribution in [0, 0.1) is 0 Å². The molecular formula is C13H18F3N3O. The van der Waals surface area contributed by atoms with E-state index in [-0.39, 0.29) is 23.0 Å². The Morgan fingerprint density at radius 1 is 1.60 bits per heavy atom. The van der Waals surface area contributed by atoms with Gasteiger partial charge >= 0.3 is 6.18 Å². The molecule has 0 saturated carbocycles. The highest BCUT2D eigenvalue weighted by atomic mass is 19.4. The fourth-order valence-electron chi connectivity index (χ4n) is 2.28. The molecule has 1 aromatic rings. The van der Waals surface area contributed by atoms with Crippen LogP contribution >= 0.6 is 0 Å². The Morgan fingerprint density at radius 2 is 2.30 bits per heavy atom. The summed E-state index contributed by atoms with van der Waals surface area (Å²) in [6, 6.07) is 0. The second-order valence-corrected chi connectivity index (χ2v) is 5.55. The summed E-state index contributed by atoms with van der Waals surface area (Å²) in [7, 11) is 0. The first-order valence-electron chi connectivity index (χ1n) is 6.40. The lowest BCUT2D eigenvalue weighted by Gasteiger charge is -2.20. The molecule has 0 radical (unpaired) electrons. The number of alkyl halides is 3. The highest BCUT2D eigenvalue weighted by molar-refractivity contribution is 5.63. The molecule has 1 atom stereocenters. The third-order valence-electron chi connectivity index (χ3n) is 3.35. The van der Waals surface area contributed by atoms with E-state index in [1.807, 2.05) is 18.9 Å². The van der Waals surface area contributed by atoms with Crippen molar-refractivity contribution < 1.29 is 17.9 Å². The summed E-state index contributed by atoms with van der Waals surface area (Å²) in [5.41, 5.74) is -0.919. The summed E-state index contributed by atoms with van der Waals surface area (Å²) >= 11 is 0. The average molecular weight is 289 g/mol. The number of ether oxygens (including phenoxy) is 1. The number of aromatic amines is 1. The topological polar surface area (TPSA) is 49.9 Å². The van der Waals surface area contributed by atoms with E-state index in [0.717, 1.165) is 19.0 Å². The number of hydrogen-bond acceptors (Lipinski definition) is 3. The quantitative estimate of drug-likeness (QED) is 0.896. The number of rotatable bonds is 4. The molecule has 1 unspecified atom stereocenters. The van der Waals surface area contributed by atoms with Gasteiger partial charge < -0.3 is 10.1 Å². The maximum Gasteiger partial charge on any atom is 0.433 e. The number of halogens is 3. The van der Waals surface area contributed by atoms with E-state index in [4.69, 9.17) is 4.74 Å². The van der Waals surface area contributed by atoms with Crippen molar-refractivity contribution >= 4 is 5.70 Å². The van der Waals surface area contributed by atoms with Gasteiger partial charge in [0.05, 0.1) is 17.9 Å². The summed E-state index contributed by atoms with van der Waals surface area (Å²) in [6.07, 6.45) is -1.54. The summed E-state index contributed by atoms with van der Waals surface area (Å²) in [4.78, 5) is 0. The molecule has 0 aliphatic carbocycles. The zero-order chi connectivity index (χ0) is 15.0. The number of nitrogens with one attached hydrogen (secondary N) is 2. The summed E-state index contributed by atoms with van der Waals surface area (Å²) in [5, 5.41) is 8.29. The van der Waals surface area contributed by atoms with E-state index in [2.05, 4.69) is 17.0 Å². The van der Waals surface area contributed by atoms with Crippen molar-refractivity contribution in [1.82, 2.24) is 15.5 Å². The first-order chi connectivity index (χ1) is 9.19. The standard InChI is InChI=1S/C13H18F3N3O/c1-8(10-7-18-19-11(10)13(14,15)16)17-6-9-4-5-12(2,3)20-9/h7,9,17H,1,4-6H2,2-3H3,(H,18,19). The SMILES string of the molecule is C=C(NCC1CCC(C)(C)O1)c1cn[nH]c1C(F)(F)F. The molecule has 1 saturated heterocycles. The minimum Gasteiger partial charge on any atom is -0.382 e. The Morgan fingerprint density at radius 3 is 2.85 bits per heavy atom. The number of hydrogen-bond donors (Lipinski definition) is 2. The lowest BCUT2D eigenvalue weighted by Crippen LogP contribution is -2.28. The van der Waals surface area contributed by atoms with Gasteiger partial charge in [-0.2, -0.15) is 18.3 Å². The van der Waals surface area contributed by atoms with E-state index in [0.29, 0.717) is 6.54 Å². The van der Waals surface area contributed by atoms with Crippen LogP contribution in [-0.4, -0.2) is 28.4 Å². The molecule has 0 bridgehead atoms. The van der Waals surface area contributed by atoms with Crippen LogP contribution in [0.25, 0.3) is 5.70 Å². The minimum absolute atomic E-state index is 0.0111. The number of H-pyrrole nitrogens is 1. The Kier molecular flexibility index (Phi) is 3.82. The highest BCUT2D eigenvalue weighted by Crippen LogP contribution is 2.32. The molecular weight excluding hydrogens is 271 g/mol. The second kappa shape index (κ2) is 5.12. The van der Waals surface area contributed by atoms with Crippen LogP contribution < -0.4 is 5.32 Å². The Balaban J connectivity index is 1.95. The zero-order valence-electron chi connectivity index (χ0n) is 11.5. The molecule has 4 nitrogen and oxygen atoms in total. The first kappa shape index (κ1) is 14.9. The second-order valence-electron chi connectivity index (χ2n) is 5.55. The molecule has 0 amide bonds. The van der Waals surface area contributed by atoms with Gasteiger partial charge in [-0.05, 0) is 26.7 Å². The fraction of sp³-hybridized carbons (Fsp3) is 0.615. The molecule has 1 aromatic heterocycles. The molecule has 0 aromatic carbocycles. The molecule has 20 heavy (non-hydrogen) atoms. The minimum atomic E-state index is -4.47. The number of aromatic nitrogens is 2. The van der Waals surface area contributed by atoms with Gasteiger partial charge in [-0.3, -0.25) is 5.10 Å². The van der Waals surface area contributed by atoms with Crippen molar-refractivity contribution in [2.75, 3.05) is 6.54 Å². The van der Waals surface area contributed by atoms with Gasteiger partial charge in [0, 0.05) is 17.8 Å². The summed E-state index contributed by atoms with van der Waals surface area (Å²) < 4.78 is 43.9. The molecule has 0 spiro atoms. The van der Waals surface area contributed by atoms with Gasteiger partial charge in [-0.25, -0.2) is 0 Å². The molecule has 2 rings (SSSR count). The molecule has 2 N–H and O–H groups in total. The summed E-state index contributed by atoms with van der Waals surface area (Å²) in [5.74, 6) is 0. The van der Waals surface area contributed by atoms with Crippen molar-refractivity contribution in [2.24, 2.45) is 0 Å². The van der Waals surface area contributed by atoms with E-state index >= 15 is 0 Å². The van der Waals surface area contributed by atoms with Crippen molar-refractivity contribution in [2.45, 2.75) is 44.6 Å². The van der Waals surface area contributed by atoms with Crippen LogP contribution in [0.5, 0.6) is 0 Å². The predicted octanol–water partition coefficient (Wildman–Crippen LogP) is 2.95. The largest absolute Gasteiger partial charge is 0.433 e. The van der Waals surface area contributed by atoms with Gasteiger partial charge in [0.2, 0.25) is 0 Å². The van der Waals surface area contributed by atoms with E-state index in [1.165, 1.54) is 0 Å². The van der Waals surface area contributed by atoms with Crippen molar-refractivity contribution in [1.29, 1.82) is 0 Å². The van der Waals surface area contributed by atoms with Gasteiger partial charge in [-0.1, -0.05) is 6.58 Å². The van der Waals surface area contributed by atoms with Crippen molar-refractivity contribution in [3.63, 3.8) is 0 Å². The molecule has 2 heterocycles. The van der Waals surface area contributed by atoms with Crippen molar-refractivity contribution in [3.05, 3.63) is 24.0 Å². The van der Waals surface area contributed by atoms with Gasteiger partial charge in [-0.15, -0.1) is 0 Å². The Labute approximate surface area is 115 Å².